The van der Waals surface area contributed by atoms with Crippen molar-refractivity contribution < 1.29 is 13.9 Å². The Labute approximate surface area is 198 Å². The highest BCUT2D eigenvalue weighted by Crippen LogP contribution is 2.48. The van der Waals surface area contributed by atoms with E-state index in [9.17, 15) is 9.18 Å². The number of amides is 2. The average Bonchev–Trinajstić information content (AvgIpc) is 3.17. The highest BCUT2D eigenvalue weighted by atomic mass is 19.1. The first kappa shape index (κ1) is 21.7. The lowest BCUT2D eigenvalue weighted by Gasteiger charge is -2.29. The zero-order valence-corrected chi connectivity index (χ0v) is 18.8. The van der Waals surface area contributed by atoms with Gasteiger partial charge < -0.3 is 9.64 Å². The van der Waals surface area contributed by atoms with Gasteiger partial charge in [-0.15, -0.1) is 0 Å². The summed E-state index contributed by atoms with van der Waals surface area (Å²) in [7, 11) is 1.62. The number of hydrogen-bond donors (Lipinski definition) is 0. The van der Waals surface area contributed by atoms with E-state index >= 15 is 0 Å². The molecule has 0 spiro atoms. The zero-order valence-electron chi connectivity index (χ0n) is 18.8. The van der Waals surface area contributed by atoms with Gasteiger partial charge in [0.2, 0.25) is 0 Å². The van der Waals surface area contributed by atoms with Crippen LogP contribution in [-0.2, 0) is 6.54 Å². The van der Waals surface area contributed by atoms with Crippen LogP contribution in [0.3, 0.4) is 0 Å². The van der Waals surface area contributed by atoms with Crippen molar-refractivity contribution in [2.45, 2.75) is 18.6 Å². The molecule has 0 saturated carbocycles. The second-order valence-electron chi connectivity index (χ2n) is 8.32. The van der Waals surface area contributed by atoms with Gasteiger partial charge >= 0.3 is 6.03 Å². The number of halogens is 1. The number of hydrogen-bond acceptors (Lipinski definition) is 2. The molecule has 4 nitrogen and oxygen atoms in total. The fourth-order valence-corrected chi connectivity index (χ4v) is 4.65. The number of urea groups is 1. The maximum Gasteiger partial charge on any atom is 0.326 e. The van der Waals surface area contributed by atoms with Gasteiger partial charge in [-0.25, -0.2) is 9.18 Å². The van der Waals surface area contributed by atoms with E-state index in [1.165, 1.54) is 12.1 Å². The van der Waals surface area contributed by atoms with Gasteiger partial charge in [0.05, 0.1) is 19.2 Å². The molecule has 0 aliphatic carbocycles. The van der Waals surface area contributed by atoms with Crippen LogP contribution in [-0.4, -0.2) is 18.0 Å². The van der Waals surface area contributed by atoms with Crippen molar-refractivity contribution in [2.75, 3.05) is 12.0 Å². The van der Waals surface area contributed by atoms with Gasteiger partial charge in [0, 0.05) is 12.2 Å². The van der Waals surface area contributed by atoms with Gasteiger partial charge in [-0.1, -0.05) is 72.8 Å². The molecule has 2 unspecified atom stereocenters. The van der Waals surface area contributed by atoms with E-state index < -0.39 is 0 Å². The molecule has 1 fully saturated rings. The summed E-state index contributed by atoms with van der Waals surface area (Å²) < 4.78 is 19.2. The molecule has 0 radical (unpaired) electrons. The molecule has 1 aliphatic heterocycles. The fourth-order valence-electron chi connectivity index (χ4n) is 4.65. The van der Waals surface area contributed by atoms with Crippen LogP contribution < -0.4 is 9.64 Å². The predicted molar refractivity (Wildman–Crippen MR) is 131 cm³/mol. The van der Waals surface area contributed by atoms with Crippen LogP contribution in [0.25, 0.3) is 0 Å². The standard InChI is InChI=1S/C29H25FN2O2/c1-34-26-18-16-25(17-19-26)32-28(23-12-14-24(30)15-13-23)27(22-10-6-3-7-11-22)31(29(32)33)20-21-8-4-2-5-9-21/h2-19,27-28H,20H2,1H3. The summed E-state index contributed by atoms with van der Waals surface area (Å²) in [4.78, 5) is 17.8. The second kappa shape index (κ2) is 9.40. The highest BCUT2D eigenvalue weighted by molar-refractivity contribution is 5.96. The van der Waals surface area contributed by atoms with Crippen molar-refractivity contribution in [3.8, 4) is 5.75 Å². The summed E-state index contributed by atoms with van der Waals surface area (Å²) in [5, 5.41) is 0. The monoisotopic (exact) mass is 452 g/mol. The van der Waals surface area contributed by atoms with Gasteiger partial charge in [-0.2, -0.15) is 0 Å². The SMILES string of the molecule is COc1ccc(N2C(=O)N(Cc3ccccc3)C(c3ccccc3)C2c2ccc(F)cc2)cc1. The lowest BCUT2D eigenvalue weighted by Crippen LogP contribution is -2.32. The lowest BCUT2D eigenvalue weighted by molar-refractivity contribution is 0.199. The highest BCUT2D eigenvalue weighted by Gasteiger charge is 2.47. The van der Waals surface area contributed by atoms with Gasteiger partial charge in [-0.05, 0) is 53.1 Å². The number of benzene rings is 4. The Bertz CT molecular complexity index is 1250. The van der Waals surface area contributed by atoms with Gasteiger partial charge in [0.25, 0.3) is 0 Å². The van der Waals surface area contributed by atoms with Crippen molar-refractivity contribution in [2.24, 2.45) is 0 Å². The Morgan fingerprint density at radius 1 is 0.735 bits per heavy atom. The summed E-state index contributed by atoms with van der Waals surface area (Å²) in [6, 6.07) is 33.2. The fraction of sp³-hybridized carbons (Fsp3) is 0.138. The Morgan fingerprint density at radius 3 is 1.94 bits per heavy atom. The molecule has 4 aromatic rings. The maximum absolute atomic E-state index is 14.0. The minimum atomic E-state index is -0.340. The normalized spacial score (nSPS) is 17.8. The molecule has 0 bridgehead atoms. The molecule has 1 aliphatic rings. The zero-order chi connectivity index (χ0) is 23.5. The average molecular weight is 453 g/mol. The molecule has 4 aromatic carbocycles. The third kappa shape index (κ3) is 4.13. The minimum absolute atomic E-state index is 0.0998. The number of carbonyl (C=O) groups excluding carboxylic acids is 1. The molecule has 2 atom stereocenters. The summed E-state index contributed by atoms with van der Waals surface area (Å²) in [6.07, 6.45) is 0. The van der Waals surface area contributed by atoms with E-state index in [0.717, 1.165) is 28.1 Å². The van der Waals surface area contributed by atoms with Crippen LogP contribution >= 0.6 is 0 Å². The van der Waals surface area contributed by atoms with E-state index in [4.69, 9.17) is 4.74 Å². The molecular weight excluding hydrogens is 427 g/mol. The predicted octanol–water partition coefficient (Wildman–Crippen LogP) is 6.76. The maximum atomic E-state index is 14.0. The quantitative estimate of drug-likeness (QED) is 0.324. The number of carbonyl (C=O) groups is 1. The van der Waals surface area contributed by atoms with Crippen LogP contribution in [0.2, 0.25) is 0 Å². The molecule has 2 amide bonds. The molecular formula is C29H25FN2O2. The van der Waals surface area contributed by atoms with E-state index in [1.807, 2.05) is 94.7 Å². The van der Waals surface area contributed by atoms with Crippen molar-refractivity contribution in [3.63, 3.8) is 0 Å². The minimum Gasteiger partial charge on any atom is -0.497 e. The van der Waals surface area contributed by atoms with E-state index in [1.54, 1.807) is 19.2 Å². The second-order valence-corrected chi connectivity index (χ2v) is 8.32. The molecule has 5 rings (SSSR count). The summed E-state index contributed by atoms with van der Waals surface area (Å²) in [5.74, 6) is 0.413. The molecule has 1 saturated heterocycles. The number of nitrogens with zero attached hydrogens (tertiary/aromatic N) is 2. The van der Waals surface area contributed by atoms with Crippen LogP contribution in [0.5, 0.6) is 5.75 Å². The third-order valence-corrected chi connectivity index (χ3v) is 6.26. The van der Waals surface area contributed by atoms with Crippen molar-refractivity contribution in [3.05, 3.63) is 132 Å². The number of anilines is 1. The van der Waals surface area contributed by atoms with Crippen molar-refractivity contribution in [1.29, 1.82) is 0 Å². The van der Waals surface area contributed by atoms with Crippen LogP contribution in [0, 0.1) is 5.82 Å². The molecule has 0 aromatic heterocycles. The van der Waals surface area contributed by atoms with Crippen LogP contribution in [0.15, 0.2) is 109 Å². The molecule has 1 heterocycles. The van der Waals surface area contributed by atoms with E-state index in [0.29, 0.717) is 6.54 Å². The molecule has 0 N–H and O–H groups in total. The van der Waals surface area contributed by atoms with Crippen molar-refractivity contribution in [1.82, 2.24) is 4.90 Å². The Kier molecular flexibility index (Phi) is 6.00. The van der Waals surface area contributed by atoms with Crippen molar-refractivity contribution >= 4 is 11.7 Å². The van der Waals surface area contributed by atoms with E-state index in [-0.39, 0.29) is 23.9 Å². The van der Waals surface area contributed by atoms with Gasteiger partial charge in [0.1, 0.15) is 11.6 Å². The summed E-state index contributed by atoms with van der Waals surface area (Å²) in [5.41, 5.74) is 3.70. The smallest absolute Gasteiger partial charge is 0.326 e. The summed E-state index contributed by atoms with van der Waals surface area (Å²) >= 11 is 0. The Morgan fingerprint density at radius 2 is 1.32 bits per heavy atom. The number of methoxy groups -OCH3 is 1. The lowest BCUT2D eigenvalue weighted by atomic mass is 9.92. The molecule has 170 valence electrons. The van der Waals surface area contributed by atoms with E-state index in [2.05, 4.69) is 0 Å². The van der Waals surface area contributed by atoms with Crippen LogP contribution in [0.1, 0.15) is 28.8 Å². The number of rotatable bonds is 6. The van der Waals surface area contributed by atoms with Crippen LogP contribution in [0.4, 0.5) is 14.9 Å². The Hall–Kier alpha value is -4.12. The number of ether oxygens (including phenoxy) is 1. The topological polar surface area (TPSA) is 32.8 Å². The molecule has 34 heavy (non-hydrogen) atoms. The first-order chi connectivity index (χ1) is 16.7. The summed E-state index contributed by atoms with van der Waals surface area (Å²) in [6.45, 7) is 0.462. The van der Waals surface area contributed by atoms with Gasteiger partial charge in [-0.3, -0.25) is 4.90 Å². The van der Waals surface area contributed by atoms with Gasteiger partial charge in [0.15, 0.2) is 0 Å². The first-order valence-electron chi connectivity index (χ1n) is 11.2. The molecule has 5 heteroatoms. The largest absolute Gasteiger partial charge is 0.497 e. The third-order valence-electron chi connectivity index (χ3n) is 6.26. The Balaban J connectivity index is 1.66. The first-order valence-corrected chi connectivity index (χ1v) is 11.2.